The third-order valence-electron chi connectivity index (χ3n) is 6.44. The standard InChI is InChI=1S/C22H25ClF2N4O3S/c1-5-22(11-24)20(26)29-21(4,13(3)33(22,31)32)16-9-15(6-7-17(16)25)28-19(30)18-12(2)8-14(23)10-27-18/h6-10,13H,5,11H2,1-4H3,(H2,26,29)(H,28,30)/t13?,21-,22?/m0/s1. The zero-order valence-corrected chi connectivity index (χ0v) is 20.2. The van der Waals surface area contributed by atoms with Gasteiger partial charge < -0.3 is 11.1 Å². The molecule has 0 saturated heterocycles. The van der Waals surface area contributed by atoms with Crippen LogP contribution in [0, 0.1) is 12.7 Å². The van der Waals surface area contributed by atoms with Crippen molar-refractivity contribution in [3.63, 3.8) is 0 Å². The average Bonchev–Trinajstić information content (AvgIpc) is 2.74. The van der Waals surface area contributed by atoms with E-state index in [0.717, 1.165) is 6.07 Å². The molecule has 2 aromatic rings. The summed E-state index contributed by atoms with van der Waals surface area (Å²) in [5, 5.41) is 1.72. The summed E-state index contributed by atoms with van der Waals surface area (Å²) in [4.78, 5) is 21.0. The number of nitrogens with one attached hydrogen (secondary N) is 1. The van der Waals surface area contributed by atoms with Gasteiger partial charge in [0.2, 0.25) is 0 Å². The van der Waals surface area contributed by atoms with Crippen molar-refractivity contribution in [2.75, 3.05) is 12.0 Å². The number of hydrogen-bond donors (Lipinski definition) is 2. The van der Waals surface area contributed by atoms with Gasteiger partial charge in [0, 0.05) is 17.4 Å². The van der Waals surface area contributed by atoms with E-state index in [2.05, 4.69) is 15.3 Å². The second kappa shape index (κ2) is 8.64. The van der Waals surface area contributed by atoms with Gasteiger partial charge >= 0.3 is 0 Å². The van der Waals surface area contributed by atoms with Crippen molar-refractivity contribution in [1.29, 1.82) is 0 Å². The lowest BCUT2D eigenvalue weighted by Gasteiger charge is -2.44. The summed E-state index contributed by atoms with van der Waals surface area (Å²) in [5.74, 6) is -1.69. The number of hydrogen-bond acceptors (Lipinski definition) is 6. The molecule has 1 aliphatic heterocycles. The normalized spacial score (nSPS) is 26.5. The van der Waals surface area contributed by atoms with E-state index in [1.807, 2.05) is 0 Å². The number of carbonyl (C=O) groups is 1. The first-order valence-corrected chi connectivity index (χ1v) is 12.1. The fourth-order valence-corrected chi connectivity index (χ4v) is 6.65. The van der Waals surface area contributed by atoms with Gasteiger partial charge in [0.15, 0.2) is 14.6 Å². The van der Waals surface area contributed by atoms with Gasteiger partial charge in [-0.2, -0.15) is 0 Å². The number of aromatic nitrogens is 1. The third kappa shape index (κ3) is 3.89. The lowest BCUT2D eigenvalue weighted by atomic mass is 9.87. The summed E-state index contributed by atoms with van der Waals surface area (Å²) in [7, 11) is -4.18. The Morgan fingerprint density at radius 2 is 2.00 bits per heavy atom. The SMILES string of the molecule is CCC1(CF)C(N)=N[C@](C)(c2cc(NC(=O)c3ncc(Cl)cc3C)ccc2F)C(C)S1(=O)=O. The van der Waals surface area contributed by atoms with Gasteiger partial charge in [0.05, 0.1) is 10.3 Å². The summed E-state index contributed by atoms with van der Waals surface area (Å²) in [5.41, 5.74) is 5.11. The number of alkyl halides is 1. The Labute approximate surface area is 196 Å². The van der Waals surface area contributed by atoms with Crippen LogP contribution in [0.2, 0.25) is 5.02 Å². The van der Waals surface area contributed by atoms with Crippen LogP contribution >= 0.6 is 11.6 Å². The van der Waals surface area contributed by atoms with Gasteiger partial charge in [-0.25, -0.2) is 22.2 Å². The van der Waals surface area contributed by atoms with Gasteiger partial charge in [0.25, 0.3) is 5.91 Å². The molecule has 1 aromatic heterocycles. The highest BCUT2D eigenvalue weighted by Crippen LogP contribution is 2.45. The maximum atomic E-state index is 15.0. The molecule has 0 aliphatic carbocycles. The predicted octanol–water partition coefficient (Wildman–Crippen LogP) is 3.94. The number of halogens is 3. The first kappa shape index (κ1) is 25.0. The zero-order valence-electron chi connectivity index (χ0n) is 18.6. The molecule has 3 rings (SSSR count). The van der Waals surface area contributed by atoms with Crippen molar-refractivity contribution >= 4 is 38.9 Å². The van der Waals surface area contributed by atoms with E-state index in [1.165, 1.54) is 39.1 Å². The molecule has 0 fully saturated rings. The number of nitrogens with two attached hydrogens (primary N) is 1. The molecule has 1 amide bonds. The minimum absolute atomic E-state index is 0.0938. The molecule has 0 bridgehead atoms. The number of benzene rings is 1. The van der Waals surface area contributed by atoms with Crippen LogP contribution in [-0.2, 0) is 15.4 Å². The van der Waals surface area contributed by atoms with Gasteiger partial charge in [-0.05, 0) is 57.0 Å². The molecule has 11 heteroatoms. The molecule has 0 saturated carbocycles. The summed E-state index contributed by atoms with van der Waals surface area (Å²) < 4.78 is 53.6. The van der Waals surface area contributed by atoms with Crippen LogP contribution in [0.25, 0.3) is 0 Å². The van der Waals surface area contributed by atoms with E-state index in [0.29, 0.717) is 10.6 Å². The maximum Gasteiger partial charge on any atom is 0.274 e. The fourth-order valence-electron chi connectivity index (χ4n) is 4.09. The Balaban J connectivity index is 2.08. The molecule has 0 spiro atoms. The summed E-state index contributed by atoms with van der Waals surface area (Å²) in [6.45, 7) is 4.74. The van der Waals surface area contributed by atoms with Gasteiger partial charge in [0.1, 0.15) is 29.6 Å². The van der Waals surface area contributed by atoms with E-state index >= 15 is 0 Å². The van der Waals surface area contributed by atoms with Crippen LogP contribution in [0.15, 0.2) is 35.5 Å². The number of carbonyl (C=O) groups excluding carboxylic acids is 1. The van der Waals surface area contributed by atoms with E-state index < -0.39 is 49.6 Å². The van der Waals surface area contributed by atoms with Gasteiger partial charge in [-0.15, -0.1) is 0 Å². The molecule has 3 N–H and O–H groups in total. The van der Waals surface area contributed by atoms with E-state index in [1.54, 1.807) is 13.0 Å². The maximum absolute atomic E-state index is 15.0. The van der Waals surface area contributed by atoms with Crippen molar-refractivity contribution in [2.24, 2.45) is 10.7 Å². The molecule has 178 valence electrons. The van der Waals surface area contributed by atoms with Crippen molar-refractivity contribution in [1.82, 2.24) is 4.98 Å². The minimum atomic E-state index is -4.18. The predicted molar refractivity (Wildman–Crippen MR) is 125 cm³/mol. The summed E-state index contributed by atoms with van der Waals surface area (Å²) in [6, 6.07) is 5.31. The second-order valence-electron chi connectivity index (χ2n) is 8.28. The van der Waals surface area contributed by atoms with E-state index in [-0.39, 0.29) is 23.4 Å². The van der Waals surface area contributed by atoms with Crippen molar-refractivity contribution in [3.8, 4) is 0 Å². The Morgan fingerprint density at radius 1 is 1.33 bits per heavy atom. The highest BCUT2D eigenvalue weighted by Gasteiger charge is 2.59. The van der Waals surface area contributed by atoms with Crippen molar-refractivity contribution in [3.05, 3.63) is 58.1 Å². The number of amides is 1. The summed E-state index contributed by atoms with van der Waals surface area (Å²) >= 11 is 5.88. The van der Waals surface area contributed by atoms with Crippen LogP contribution in [0.5, 0.6) is 0 Å². The Bertz CT molecular complexity index is 1250. The fraction of sp³-hybridized carbons (Fsp3) is 0.409. The molecule has 33 heavy (non-hydrogen) atoms. The quantitative estimate of drug-likeness (QED) is 0.648. The Hall–Kier alpha value is -2.59. The molecule has 7 nitrogen and oxygen atoms in total. The average molecular weight is 499 g/mol. The highest BCUT2D eigenvalue weighted by molar-refractivity contribution is 7.94. The number of aryl methyl sites for hydroxylation is 1. The molecular weight excluding hydrogens is 474 g/mol. The molecule has 2 heterocycles. The van der Waals surface area contributed by atoms with E-state index in [4.69, 9.17) is 17.3 Å². The number of pyridine rings is 1. The first-order chi connectivity index (χ1) is 15.3. The van der Waals surface area contributed by atoms with Crippen LogP contribution in [0.1, 0.15) is 48.8 Å². The van der Waals surface area contributed by atoms with Gasteiger partial charge in [-0.3, -0.25) is 9.79 Å². The summed E-state index contributed by atoms with van der Waals surface area (Å²) in [6.07, 6.45) is 1.23. The van der Waals surface area contributed by atoms with Crippen LogP contribution in [0.4, 0.5) is 14.5 Å². The molecule has 3 atom stereocenters. The number of amidine groups is 1. The lowest BCUT2D eigenvalue weighted by molar-refractivity contribution is 0.102. The number of anilines is 1. The number of nitrogens with zero attached hydrogens (tertiary/aromatic N) is 2. The Kier molecular flexibility index (Phi) is 6.56. The number of sulfone groups is 1. The third-order valence-corrected chi connectivity index (χ3v) is 9.73. The first-order valence-electron chi connectivity index (χ1n) is 10.2. The van der Waals surface area contributed by atoms with Gasteiger partial charge in [-0.1, -0.05) is 18.5 Å². The molecule has 0 radical (unpaired) electrons. The topological polar surface area (TPSA) is 115 Å². The number of aliphatic imine (C=N–C) groups is 1. The van der Waals surface area contributed by atoms with Crippen molar-refractivity contribution < 1.29 is 22.0 Å². The van der Waals surface area contributed by atoms with Crippen LogP contribution < -0.4 is 11.1 Å². The van der Waals surface area contributed by atoms with Crippen LogP contribution in [-0.4, -0.2) is 41.8 Å². The smallest absolute Gasteiger partial charge is 0.274 e. The second-order valence-corrected chi connectivity index (χ2v) is 11.3. The lowest BCUT2D eigenvalue weighted by Crippen LogP contribution is -2.62. The largest absolute Gasteiger partial charge is 0.386 e. The zero-order chi connectivity index (χ0) is 24.8. The highest BCUT2D eigenvalue weighted by atomic mass is 35.5. The van der Waals surface area contributed by atoms with Crippen molar-refractivity contribution in [2.45, 2.75) is 49.7 Å². The monoisotopic (exact) mass is 498 g/mol. The van der Waals surface area contributed by atoms with E-state index in [9.17, 15) is 22.0 Å². The Morgan fingerprint density at radius 3 is 2.58 bits per heavy atom. The molecule has 1 aromatic carbocycles. The molecular formula is C22H25ClF2N4O3S. The van der Waals surface area contributed by atoms with Crippen LogP contribution in [0.3, 0.4) is 0 Å². The molecule has 1 aliphatic rings. The minimum Gasteiger partial charge on any atom is -0.386 e. The number of rotatable bonds is 5. The molecule has 2 unspecified atom stereocenters.